The van der Waals surface area contributed by atoms with E-state index in [1.807, 2.05) is 6.92 Å². The summed E-state index contributed by atoms with van der Waals surface area (Å²) in [7, 11) is 0. The summed E-state index contributed by atoms with van der Waals surface area (Å²) in [5.74, 6) is -1.28. The van der Waals surface area contributed by atoms with Crippen molar-refractivity contribution < 1.29 is 9.18 Å². The maximum absolute atomic E-state index is 12.5. The number of hydrogen-bond acceptors (Lipinski definition) is 3. The second-order valence-corrected chi connectivity index (χ2v) is 4.45. The van der Waals surface area contributed by atoms with E-state index in [1.54, 1.807) is 0 Å². The van der Waals surface area contributed by atoms with Gasteiger partial charge in [-0.05, 0) is 38.2 Å². The van der Waals surface area contributed by atoms with Gasteiger partial charge in [0.05, 0.1) is 6.54 Å². The fourth-order valence-corrected chi connectivity index (χ4v) is 2.18. The van der Waals surface area contributed by atoms with Crippen molar-refractivity contribution in [3.8, 4) is 0 Å². The Labute approximate surface area is 105 Å². The Kier molecular flexibility index (Phi) is 3.69. The molecule has 0 unspecified atom stereocenters. The van der Waals surface area contributed by atoms with Crippen molar-refractivity contribution in [3.63, 3.8) is 0 Å². The molecule has 96 valence electrons. The van der Waals surface area contributed by atoms with Crippen LogP contribution in [0.1, 0.15) is 35.6 Å². The van der Waals surface area contributed by atoms with Crippen LogP contribution < -0.4 is 5.32 Å². The summed E-state index contributed by atoms with van der Waals surface area (Å²) in [5.41, 5.74) is 3.26. The molecule has 0 saturated heterocycles. The first-order valence-electron chi connectivity index (χ1n) is 6.06. The standard InChI is InChI=1S/C13H16FN3O/c1-8(14)13(18)15-7-12-16-9(2)10-5-3-4-6-11(10)17-12/h1,3-7H2,2H3,(H,15,18). The number of hydrogen-bond donors (Lipinski definition) is 1. The molecule has 0 saturated carbocycles. The molecule has 0 fully saturated rings. The minimum Gasteiger partial charge on any atom is -0.343 e. The molecule has 0 atom stereocenters. The van der Waals surface area contributed by atoms with Crippen molar-refractivity contribution in [1.29, 1.82) is 0 Å². The van der Waals surface area contributed by atoms with Crippen LogP contribution in [0.25, 0.3) is 0 Å². The third-order valence-electron chi connectivity index (χ3n) is 3.09. The van der Waals surface area contributed by atoms with E-state index >= 15 is 0 Å². The van der Waals surface area contributed by atoms with Crippen molar-refractivity contribution in [1.82, 2.24) is 15.3 Å². The van der Waals surface area contributed by atoms with E-state index in [1.165, 1.54) is 12.0 Å². The molecular formula is C13H16FN3O. The first-order valence-corrected chi connectivity index (χ1v) is 6.06. The molecule has 0 radical (unpaired) electrons. The van der Waals surface area contributed by atoms with E-state index in [4.69, 9.17) is 0 Å². The van der Waals surface area contributed by atoms with Crippen molar-refractivity contribution in [2.75, 3.05) is 0 Å². The van der Waals surface area contributed by atoms with E-state index in [0.29, 0.717) is 5.82 Å². The zero-order valence-corrected chi connectivity index (χ0v) is 10.4. The number of carbonyl (C=O) groups excluding carboxylic acids is 1. The molecule has 1 aliphatic rings. The highest BCUT2D eigenvalue weighted by Crippen LogP contribution is 2.21. The molecule has 1 heterocycles. The van der Waals surface area contributed by atoms with E-state index in [9.17, 15) is 9.18 Å². The molecular weight excluding hydrogens is 233 g/mol. The van der Waals surface area contributed by atoms with Gasteiger partial charge in [0.1, 0.15) is 5.82 Å². The van der Waals surface area contributed by atoms with Crippen LogP contribution in [-0.4, -0.2) is 15.9 Å². The molecule has 5 heteroatoms. The summed E-state index contributed by atoms with van der Waals surface area (Å²) in [5, 5.41) is 2.39. The lowest BCUT2D eigenvalue weighted by Crippen LogP contribution is -2.25. The van der Waals surface area contributed by atoms with Gasteiger partial charge in [-0.2, -0.15) is 0 Å². The SMILES string of the molecule is C=C(F)C(=O)NCc1nc(C)c2c(n1)CCCC2. The molecule has 1 aromatic rings. The van der Waals surface area contributed by atoms with E-state index in [0.717, 1.165) is 30.7 Å². The number of aromatic nitrogens is 2. The van der Waals surface area contributed by atoms with Crippen LogP contribution in [0, 0.1) is 6.92 Å². The zero-order valence-electron chi connectivity index (χ0n) is 10.4. The van der Waals surface area contributed by atoms with Crippen LogP contribution in [0.2, 0.25) is 0 Å². The fourth-order valence-electron chi connectivity index (χ4n) is 2.18. The highest BCUT2D eigenvalue weighted by Gasteiger charge is 2.15. The number of nitrogens with one attached hydrogen (secondary N) is 1. The van der Waals surface area contributed by atoms with E-state index in [2.05, 4.69) is 21.9 Å². The molecule has 0 spiro atoms. The lowest BCUT2D eigenvalue weighted by atomic mass is 9.95. The summed E-state index contributed by atoms with van der Waals surface area (Å²) in [6, 6.07) is 0. The Hall–Kier alpha value is -1.78. The fraction of sp³-hybridized carbons (Fsp3) is 0.462. The third-order valence-corrected chi connectivity index (χ3v) is 3.09. The first-order chi connectivity index (χ1) is 8.58. The molecule has 4 nitrogen and oxygen atoms in total. The highest BCUT2D eigenvalue weighted by molar-refractivity contribution is 5.90. The quantitative estimate of drug-likeness (QED) is 0.830. The number of carbonyl (C=O) groups is 1. The largest absolute Gasteiger partial charge is 0.343 e. The Morgan fingerprint density at radius 1 is 1.39 bits per heavy atom. The summed E-state index contributed by atoms with van der Waals surface area (Å²) < 4.78 is 12.5. The average molecular weight is 249 g/mol. The molecule has 0 aromatic carbocycles. The maximum Gasteiger partial charge on any atom is 0.279 e. The van der Waals surface area contributed by atoms with Crippen LogP contribution in [0.5, 0.6) is 0 Å². The van der Waals surface area contributed by atoms with Crippen molar-refractivity contribution in [2.45, 2.75) is 39.2 Å². The summed E-state index contributed by atoms with van der Waals surface area (Å²) in [6.45, 7) is 5.02. The van der Waals surface area contributed by atoms with Crippen LogP contribution in [0.3, 0.4) is 0 Å². The van der Waals surface area contributed by atoms with Gasteiger partial charge in [0.15, 0.2) is 5.83 Å². The zero-order chi connectivity index (χ0) is 13.1. The van der Waals surface area contributed by atoms with E-state index in [-0.39, 0.29) is 6.54 Å². The van der Waals surface area contributed by atoms with Crippen LogP contribution in [-0.2, 0) is 24.2 Å². The molecule has 0 aliphatic heterocycles. The number of aryl methyl sites for hydroxylation is 2. The second-order valence-electron chi connectivity index (χ2n) is 4.45. The second kappa shape index (κ2) is 5.25. The van der Waals surface area contributed by atoms with E-state index < -0.39 is 11.7 Å². The van der Waals surface area contributed by atoms with Gasteiger partial charge in [-0.1, -0.05) is 6.58 Å². The highest BCUT2D eigenvalue weighted by atomic mass is 19.1. The van der Waals surface area contributed by atoms with Gasteiger partial charge in [0.2, 0.25) is 0 Å². The van der Waals surface area contributed by atoms with Crippen molar-refractivity contribution in [2.24, 2.45) is 0 Å². The van der Waals surface area contributed by atoms with Gasteiger partial charge >= 0.3 is 0 Å². The molecule has 1 aliphatic carbocycles. The van der Waals surface area contributed by atoms with Gasteiger partial charge in [-0.15, -0.1) is 0 Å². The van der Waals surface area contributed by atoms with Crippen molar-refractivity contribution in [3.05, 3.63) is 35.2 Å². The Bertz CT molecular complexity index is 499. The molecule has 1 aromatic heterocycles. The Morgan fingerprint density at radius 2 is 2.11 bits per heavy atom. The van der Waals surface area contributed by atoms with Gasteiger partial charge in [0.25, 0.3) is 5.91 Å². The normalized spacial score (nSPS) is 13.9. The van der Waals surface area contributed by atoms with Gasteiger partial charge in [-0.25, -0.2) is 14.4 Å². The topological polar surface area (TPSA) is 54.9 Å². The molecule has 2 rings (SSSR count). The summed E-state index contributed by atoms with van der Waals surface area (Å²) in [4.78, 5) is 19.8. The maximum atomic E-state index is 12.5. The first kappa shape index (κ1) is 12.7. The number of rotatable bonds is 3. The summed E-state index contributed by atoms with van der Waals surface area (Å²) >= 11 is 0. The van der Waals surface area contributed by atoms with Crippen LogP contribution >= 0.6 is 0 Å². The minimum atomic E-state index is -0.996. The van der Waals surface area contributed by atoms with Crippen LogP contribution in [0.4, 0.5) is 4.39 Å². The number of amides is 1. The smallest absolute Gasteiger partial charge is 0.279 e. The molecule has 0 bridgehead atoms. The van der Waals surface area contributed by atoms with Gasteiger partial charge in [0, 0.05) is 11.4 Å². The average Bonchev–Trinajstić information content (AvgIpc) is 2.36. The monoisotopic (exact) mass is 249 g/mol. The molecule has 1 N–H and O–H groups in total. The number of halogens is 1. The predicted molar refractivity (Wildman–Crippen MR) is 65.5 cm³/mol. The Balaban J connectivity index is 2.12. The molecule has 18 heavy (non-hydrogen) atoms. The van der Waals surface area contributed by atoms with Crippen LogP contribution in [0.15, 0.2) is 12.4 Å². The summed E-state index contributed by atoms with van der Waals surface area (Å²) in [6.07, 6.45) is 4.29. The lowest BCUT2D eigenvalue weighted by Gasteiger charge is -2.17. The third kappa shape index (κ3) is 2.72. The number of fused-ring (bicyclic) bond motifs is 1. The predicted octanol–water partition coefficient (Wildman–Crippen LogP) is 1.76. The lowest BCUT2D eigenvalue weighted by molar-refractivity contribution is -0.119. The Morgan fingerprint density at radius 3 is 2.83 bits per heavy atom. The minimum absolute atomic E-state index is 0.135. The van der Waals surface area contributed by atoms with Gasteiger partial charge < -0.3 is 5.32 Å². The van der Waals surface area contributed by atoms with Gasteiger partial charge in [-0.3, -0.25) is 4.79 Å². The number of nitrogens with zero attached hydrogens (tertiary/aromatic N) is 2. The van der Waals surface area contributed by atoms with Crippen molar-refractivity contribution >= 4 is 5.91 Å². The molecule has 1 amide bonds.